The van der Waals surface area contributed by atoms with E-state index in [0.717, 1.165) is 27.8 Å². The Bertz CT molecular complexity index is 1480. The molecule has 0 radical (unpaired) electrons. The molecule has 0 unspecified atom stereocenters. The van der Waals surface area contributed by atoms with E-state index in [1.807, 2.05) is 31.4 Å². The van der Waals surface area contributed by atoms with Gasteiger partial charge in [0.15, 0.2) is 0 Å². The van der Waals surface area contributed by atoms with Crippen LogP contribution in [0.1, 0.15) is 33.1 Å². The molecule has 9 heteroatoms. The SMILES string of the molecule is CN(C(=O)c1cc2c3c(c(N)nc2cc1F)COC3)[C@@H]1COc2cc(-c3cnn(C)c3)ccc21. The van der Waals surface area contributed by atoms with Crippen molar-refractivity contribution in [2.75, 3.05) is 19.4 Å². The summed E-state index contributed by atoms with van der Waals surface area (Å²) in [5.74, 6) is -0.0246. The molecule has 2 aromatic heterocycles. The van der Waals surface area contributed by atoms with Gasteiger partial charge in [-0.1, -0.05) is 12.1 Å². The zero-order chi connectivity index (χ0) is 23.6. The number of benzene rings is 2. The molecule has 0 bridgehead atoms. The highest BCUT2D eigenvalue weighted by Crippen LogP contribution is 2.39. The van der Waals surface area contributed by atoms with Crippen LogP contribution in [0.25, 0.3) is 22.0 Å². The van der Waals surface area contributed by atoms with E-state index < -0.39 is 11.7 Å². The Morgan fingerprint density at radius 3 is 2.82 bits per heavy atom. The van der Waals surface area contributed by atoms with Crippen LogP contribution in [0.5, 0.6) is 5.75 Å². The summed E-state index contributed by atoms with van der Waals surface area (Å²) >= 11 is 0. The number of hydrogen-bond acceptors (Lipinski definition) is 6. The molecule has 1 amide bonds. The second-order valence-corrected chi connectivity index (χ2v) is 8.69. The molecular formula is C25H22FN5O3. The molecule has 6 rings (SSSR count). The lowest BCUT2D eigenvalue weighted by atomic mass is 10.00. The van der Waals surface area contributed by atoms with E-state index in [-0.39, 0.29) is 11.6 Å². The van der Waals surface area contributed by atoms with Gasteiger partial charge in [0.2, 0.25) is 0 Å². The summed E-state index contributed by atoms with van der Waals surface area (Å²) in [7, 11) is 3.53. The number of hydrogen-bond donors (Lipinski definition) is 1. The van der Waals surface area contributed by atoms with Crippen LogP contribution in [0.4, 0.5) is 10.2 Å². The van der Waals surface area contributed by atoms with E-state index in [9.17, 15) is 4.79 Å². The minimum atomic E-state index is -0.638. The fraction of sp³-hybridized carbons (Fsp3) is 0.240. The minimum Gasteiger partial charge on any atom is -0.491 e. The minimum absolute atomic E-state index is 0.0175. The van der Waals surface area contributed by atoms with Crippen LogP contribution < -0.4 is 10.5 Å². The van der Waals surface area contributed by atoms with Crippen molar-refractivity contribution in [3.05, 3.63) is 70.8 Å². The second kappa shape index (κ2) is 7.53. The van der Waals surface area contributed by atoms with Gasteiger partial charge in [0.05, 0.1) is 36.5 Å². The Morgan fingerprint density at radius 1 is 1.21 bits per heavy atom. The lowest BCUT2D eigenvalue weighted by molar-refractivity contribution is 0.0704. The van der Waals surface area contributed by atoms with E-state index in [2.05, 4.69) is 10.1 Å². The number of aryl methyl sites for hydroxylation is 1. The van der Waals surface area contributed by atoms with Crippen LogP contribution >= 0.6 is 0 Å². The third kappa shape index (κ3) is 3.12. The Balaban J connectivity index is 1.33. The van der Waals surface area contributed by atoms with E-state index >= 15 is 4.39 Å². The first-order valence-electron chi connectivity index (χ1n) is 10.9. The van der Waals surface area contributed by atoms with Crippen LogP contribution in [-0.4, -0.2) is 39.2 Å². The Morgan fingerprint density at radius 2 is 2.03 bits per heavy atom. The number of nitrogen functional groups attached to an aromatic ring is 1. The lowest BCUT2D eigenvalue weighted by Gasteiger charge is -2.24. The summed E-state index contributed by atoms with van der Waals surface area (Å²) in [6.45, 7) is 1.02. The standard InChI is InChI=1S/C25H22FN5O3/c1-30-9-14(8-28-30)13-3-4-15-22(12-34-23(15)5-13)31(2)25(32)17-6-16-18-10-33-11-19(18)24(27)29-21(16)7-20(17)26/h3-9,22H,10-12H2,1-2H3,(H2,27,29)/t22-/m1/s1. The zero-order valence-electron chi connectivity index (χ0n) is 18.7. The molecule has 8 nitrogen and oxygen atoms in total. The van der Waals surface area contributed by atoms with E-state index in [1.165, 1.54) is 11.0 Å². The summed E-state index contributed by atoms with van der Waals surface area (Å²) in [5.41, 5.74) is 10.9. The number of anilines is 1. The van der Waals surface area contributed by atoms with Crippen molar-refractivity contribution in [1.82, 2.24) is 19.7 Å². The highest BCUT2D eigenvalue weighted by molar-refractivity contribution is 5.99. The number of fused-ring (bicyclic) bond motifs is 4. The molecule has 0 saturated heterocycles. The van der Waals surface area contributed by atoms with Gasteiger partial charge in [-0.25, -0.2) is 9.37 Å². The number of carbonyl (C=O) groups is 1. The number of aromatic nitrogens is 3. The van der Waals surface area contributed by atoms with Crippen LogP contribution in [-0.2, 0) is 25.0 Å². The van der Waals surface area contributed by atoms with E-state index in [4.69, 9.17) is 15.2 Å². The first kappa shape index (κ1) is 20.6. The van der Waals surface area contributed by atoms with Gasteiger partial charge in [0.25, 0.3) is 5.91 Å². The average molecular weight is 459 g/mol. The maximum atomic E-state index is 15.0. The van der Waals surface area contributed by atoms with Crippen molar-refractivity contribution in [3.8, 4) is 16.9 Å². The van der Waals surface area contributed by atoms with Crippen LogP contribution in [0.2, 0.25) is 0 Å². The van der Waals surface area contributed by atoms with E-state index in [0.29, 0.717) is 42.3 Å². The summed E-state index contributed by atoms with van der Waals surface area (Å²) in [6.07, 6.45) is 3.72. The Hall–Kier alpha value is -3.98. The maximum Gasteiger partial charge on any atom is 0.257 e. The Labute approximate surface area is 194 Å². The summed E-state index contributed by atoms with van der Waals surface area (Å²) in [4.78, 5) is 19.2. The van der Waals surface area contributed by atoms with Crippen molar-refractivity contribution in [2.45, 2.75) is 19.3 Å². The first-order chi connectivity index (χ1) is 16.4. The number of nitrogens with zero attached hydrogens (tertiary/aromatic N) is 4. The fourth-order valence-electron chi connectivity index (χ4n) is 4.75. The number of pyridine rings is 1. The largest absolute Gasteiger partial charge is 0.491 e. The van der Waals surface area contributed by atoms with Gasteiger partial charge in [-0.05, 0) is 23.3 Å². The normalized spacial score (nSPS) is 16.4. The fourth-order valence-corrected chi connectivity index (χ4v) is 4.75. The molecule has 0 saturated carbocycles. The van der Waals surface area contributed by atoms with Crippen molar-refractivity contribution >= 4 is 22.6 Å². The molecule has 0 fully saturated rings. The van der Waals surface area contributed by atoms with Crippen molar-refractivity contribution in [2.24, 2.45) is 7.05 Å². The highest BCUT2D eigenvalue weighted by atomic mass is 19.1. The monoisotopic (exact) mass is 459 g/mol. The third-order valence-electron chi connectivity index (χ3n) is 6.64. The number of carbonyl (C=O) groups excluding carboxylic acids is 1. The number of nitrogens with two attached hydrogens (primary N) is 1. The molecule has 34 heavy (non-hydrogen) atoms. The predicted molar refractivity (Wildman–Crippen MR) is 124 cm³/mol. The maximum absolute atomic E-state index is 15.0. The average Bonchev–Trinajstić information content (AvgIpc) is 3.57. The molecule has 2 aliphatic rings. The smallest absolute Gasteiger partial charge is 0.257 e. The number of halogens is 1. The lowest BCUT2D eigenvalue weighted by Crippen LogP contribution is -2.32. The van der Waals surface area contributed by atoms with Crippen molar-refractivity contribution in [3.63, 3.8) is 0 Å². The molecule has 2 aromatic carbocycles. The molecule has 4 heterocycles. The molecule has 0 aliphatic carbocycles. The number of likely N-dealkylation sites (N-methyl/N-ethyl adjacent to an activating group) is 1. The summed E-state index contributed by atoms with van der Waals surface area (Å²) < 4.78 is 28.2. The number of rotatable bonds is 3. The van der Waals surface area contributed by atoms with Crippen LogP contribution in [0.15, 0.2) is 42.7 Å². The van der Waals surface area contributed by atoms with Gasteiger partial charge in [-0.3, -0.25) is 9.48 Å². The summed E-state index contributed by atoms with van der Waals surface area (Å²) in [5, 5.41) is 4.90. The molecule has 4 aromatic rings. The number of amides is 1. The van der Waals surface area contributed by atoms with Gasteiger partial charge in [0, 0.05) is 48.4 Å². The predicted octanol–water partition coefficient (Wildman–Crippen LogP) is 3.59. The van der Waals surface area contributed by atoms with Gasteiger partial charge in [0.1, 0.15) is 24.0 Å². The van der Waals surface area contributed by atoms with Gasteiger partial charge >= 0.3 is 0 Å². The summed E-state index contributed by atoms with van der Waals surface area (Å²) in [6, 6.07) is 8.37. The molecule has 2 aliphatic heterocycles. The van der Waals surface area contributed by atoms with Crippen molar-refractivity contribution in [1.29, 1.82) is 0 Å². The van der Waals surface area contributed by atoms with Crippen LogP contribution in [0.3, 0.4) is 0 Å². The first-order valence-corrected chi connectivity index (χ1v) is 10.9. The van der Waals surface area contributed by atoms with Crippen molar-refractivity contribution < 1.29 is 18.7 Å². The second-order valence-electron chi connectivity index (χ2n) is 8.69. The molecule has 2 N–H and O–H groups in total. The molecule has 1 atom stereocenters. The number of ether oxygens (including phenoxy) is 2. The van der Waals surface area contributed by atoms with Gasteiger partial charge < -0.3 is 20.1 Å². The topological polar surface area (TPSA) is 95.5 Å². The van der Waals surface area contributed by atoms with Gasteiger partial charge in [-0.2, -0.15) is 5.10 Å². The highest BCUT2D eigenvalue weighted by Gasteiger charge is 2.32. The molecular weight excluding hydrogens is 437 g/mol. The molecule has 0 spiro atoms. The Kier molecular flexibility index (Phi) is 4.56. The zero-order valence-corrected chi connectivity index (χ0v) is 18.7. The van der Waals surface area contributed by atoms with Gasteiger partial charge in [-0.15, -0.1) is 0 Å². The molecule has 172 valence electrons. The third-order valence-corrected chi connectivity index (χ3v) is 6.64. The van der Waals surface area contributed by atoms with Crippen LogP contribution in [0, 0.1) is 5.82 Å². The quantitative estimate of drug-likeness (QED) is 0.503. The van der Waals surface area contributed by atoms with E-state index in [1.54, 1.807) is 24.0 Å².